The van der Waals surface area contributed by atoms with Crippen LogP contribution in [-0.2, 0) is 0 Å². The van der Waals surface area contributed by atoms with Gasteiger partial charge in [-0.1, -0.05) is 58.0 Å². The van der Waals surface area contributed by atoms with Crippen LogP contribution in [0.5, 0.6) is 0 Å². The number of nitrogens with one attached hydrogen (secondary N) is 2. The average Bonchev–Trinajstić information content (AvgIpc) is 3.26. The van der Waals surface area contributed by atoms with Gasteiger partial charge in [0.05, 0.1) is 67.4 Å². The first-order valence-corrected chi connectivity index (χ1v) is 18.2. The number of hydrazine groups is 2. The molecule has 0 bridgehead atoms. The summed E-state index contributed by atoms with van der Waals surface area (Å²) in [4.78, 5) is 60.8. The highest BCUT2D eigenvalue weighted by atomic mass is 35.5. The first kappa shape index (κ1) is 48.9. The number of hydrogen-bond donors (Lipinski definition) is 5. The molecule has 0 fully saturated rings. The van der Waals surface area contributed by atoms with Gasteiger partial charge in [0.1, 0.15) is 10.3 Å². The summed E-state index contributed by atoms with van der Waals surface area (Å²) < 4.78 is 0. The summed E-state index contributed by atoms with van der Waals surface area (Å²) >= 11 is 33.9. The molecule has 304 valence electrons. The SMILES string of the molecule is CN(C(=O)c1cccnc1)c1cnc(Cl)c(Cl)c1.CN(C(=O)c1cccnc1)c1cnc(NN)c(Cl)c1.CNc1cnc(Cl)c(Cl)c1.NN.O=C(Cl)c1cccnc1. The molecule has 6 aromatic rings. The smallest absolute Gasteiger partial charge is 0.259 e. The largest absolute Gasteiger partial charge is 0.387 e. The predicted molar refractivity (Wildman–Crippen MR) is 232 cm³/mol. The van der Waals surface area contributed by atoms with Gasteiger partial charge >= 0.3 is 0 Å². The van der Waals surface area contributed by atoms with Crippen LogP contribution in [0.2, 0.25) is 25.4 Å². The van der Waals surface area contributed by atoms with Crippen molar-refractivity contribution in [3.05, 3.63) is 152 Å². The number of carbonyl (C=O) groups is 3. The third-order valence-electron chi connectivity index (χ3n) is 6.92. The number of hydrogen-bond acceptors (Lipinski definition) is 14. The number of pyridine rings is 6. The minimum Gasteiger partial charge on any atom is -0.387 e. The highest BCUT2D eigenvalue weighted by Crippen LogP contribution is 2.26. The number of anilines is 4. The van der Waals surface area contributed by atoms with Crippen LogP contribution in [0.1, 0.15) is 31.1 Å². The Bertz CT molecular complexity index is 2220. The number of halogens is 6. The maximum Gasteiger partial charge on any atom is 0.259 e. The van der Waals surface area contributed by atoms with Gasteiger partial charge in [-0.3, -0.25) is 41.0 Å². The van der Waals surface area contributed by atoms with E-state index in [1.54, 1.807) is 101 Å². The van der Waals surface area contributed by atoms with Crippen molar-refractivity contribution in [2.75, 3.05) is 41.7 Å². The first-order chi connectivity index (χ1) is 27.8. The Balaban J connectivity index is 0.000000275. The summed E-state index contributed by atoms with van der Waals surface area (Å²) in [5.74, 6) is 13.2. The molecule has 0 saturated heterocycles. The van der Waals surface area contributed by atoms with Gasteiger partial charge in [0.15, 0.2) is 5.82 Å². The second-order valence-electron chi connectivity index (χ2n) is 10.6. The lowest BCUT2D eigenvalue weighted by Crippen LogP contribution is -2.26. The van der Waals surface area contributed by atoms with Crippen LogP contribution in [0.3, 0.4) is 0 Å². The van der Waals surface area contributed by atoms with Crippen LogP contribution in [0.25, 0.3) is 0 Å². The van der Waals surface area contributed by atoms with E-state index in [1.807, 2.05) is 0 Å². The maximum absolute atomic E-state index is 12.2. The molecule has 0 aliphatic rings. The van der Waals surface area contributed by atoms with Gasteiger partial charge in [0.2, 0.25) is 0 Å². The zero-order valence-corrected chi connectivity index (χ0v) is 35.2. The molecule has 0 aliphatic heterocycles. The molecular weight excluding hydrogens is 875 g/mol. The Morgan fingerprint density at radius 2 is 1.02 bits per heavy atom. The van der Waals surface area contributed by atoms with Crippen molar-refractivity contribution >= 4 is 110 Å². The minimum atomic E-state index is -0.469. The minimum absolute atomic E-state index is 0.191. The summed E-state index contributed by atoms with van der Waals surface area (Å²) in [7, 11) is 5.07. The molecule has 8 N–H and O–H groups in total. The van der Waals surface area contributed by atoms with Gasteiger partial charge in [-0.2, -0.15) is 0 Å². The van der Waals surface area contributed by atoms with Gasteiger partial charge in [-0.15, -0.1) is 0 Å². The van der Waals surface area contributed by atoms with Crippen molar-refractivity contribution in [3.63, 3.8) is 0 Å². The van der Waals surface area contributed by atoms with Crippen LogP contribution >= 0.6 is 69.6 Å². The molecule has 16 nitrogen and oxygen atoms in total. The molecule has 0 saturated carbocycles. The van der Waals surface area contributed by atoms with Crippen LogP contribution in [-0.4, -0.2) is 68.1 Å². The number of rotatable bonds is 7. The lowest BCUT2D eigenvalue weighted by Gasteiger charge is -2.17. The number of nitrogen functional groups attached to an aromatic ring is 1. The van der Waals surface area contributed by atoms with Gasteiger partial charge in [0.25, 0.3) is 17.1 Å². The number of amides is 2. The molecule has 6 aromatic heterocycles. The van der Waals surface area contributed by atoms with Crippen molar-refractivity contribution in [2.45, 2.75) is 0 Å². The molecule has 2 amide bonds. The third kappa shape index (κ3) is 15.6. The number of nitrogens with two attached hydrogens (primary N) is 3. The lowest BCUT2D eigenvalue weighted by atomic mass is 10.2. The predicted octanol–water partition coefficient (Wildman–Crippen LogP) is 7.46. The van der Waals surface area contributed by atoms with Crippen molar-refractivity contribution in [3.8, 4) is 0 Å². The van der Waals surface area contributed by atoms with Crippen LogP contribution in [0.4, 0.5) is 22.9 Å². The first-order valence-electron chi connectivity index (χ1n) is 16.0. The number of carbonyl (C=O) groups excluding carboxylic acids is 3. The summed E-state index contributed by atoms with van der Waals surface area (Å²) in [5.41, 5.74) is 5.77. The van der Waals surface area contributed by atoms with Gasteiger partial charge < -0.3 is 20.5 Å². The third-order valence-corrected chi connectivity index (χ3v) is 8.80. The van der Waals surface area contributed by atoms with Crippen molar-refractivity contribution < 1.29 is 14.4 Å². The van der Waals surface area contributed by atoms with E-state index in [0.29, 0.717) is 54.1 Å². The van der Waals surface area contributed by atoms with Crippen LogP contribution in [0.15, 0.2) is 110 Å². The second-order valence-corrected chi connectivity index (χ2v) is 12.9. The van der Waals surface area contributed by atoms with E-state index in [2.05, 4.69) is 52.3 Å². The normalized spacial score (nSPS) is 9.59. The maximum atomic E-state index is 12.2. The van der Waals surface area contributed by atoms with E-state index in [4.69, 9.17) is 75.4 Å². The molecule has 0 aromatic carbocycles. The molecule has 0 unspecified atom stereocenters. The van der Waals surface area contributed by atoms with E-state index >= 15 is 0 Å². The molecule has 0 spiro atoms. The van der Waals surface area contributed by atoms with Crippen LogP contribution < -0.4 is 38.1 Å². The molecule has 6 heterocycles. The topological polar surface area (TPSA) is 237 Å². The summed E-state index contributed by atoms with van der Waals surface area (Å²) in [6.45, 7) is 0. The fraction of sp³-hybridized carbons (Fsp3) is 0.0833. The van der Waals surface area contributed by atoms with E-state index < -0.39 is 5.24 Å². The van der Waals surface area contributed by atoms with Crippen molar-refractivity contribution in [2.24, 2.45) is 17.5 Å². The monoisotopic (exact) mass is 907 g/mol. The van der Waals surface area contributed by atoms with Crippen molar-refractivity contribution in [1.29, 1.82) is 0 Å². The lowest BCUT2D eigenvalue weighted by molar-refractivity contribution is 0.0985. The van der Waals surface area contributed by atoms with E-state index in [9.17, 15) is 14.4 Å². The molecule has 22 heteroatoms. The summed E-state index contributed by atoms with van der Waals surface area (Å²) in [5, 5.41) is 4.08. The zero-order chi connectivity index (χ0) is 43.2. The number of nitrogens with zero attached hydrogens (tertiary/aromatic N) is 8. The van der Waals surface area contributed by atoms with Gasteiger partial charge in [-0.05, 0) is 66.2 Å². The highest BCUT2D eigenvalue weighted by molar-refractivity contribution is 6.67. The Hall–Kier alpha value is -5.27. The molecule has 0 aliphatic carbocycles. The molecule has 58 heavy (non-hydrogen) atoms. The van der Waals surface area contributed by atoms with E-state index in [0.717, 1.165) is 5.69 Å². The van der Waals surface area contributed by atoms with E-state index in [-0.39, 0.29) is 17.0 Å². The fourth-order valence-corrected chi connectivity index (χ4v) is 4.81. The average molecular weight is 910 g/mol. The molecule has 0 radical (unpaired) electrons. The zero-order valence-electron chi connectivity index (χ0n) is 30.7. The molecule has 6 rings (SSSR count). The summed E-state index contributed by atoms with van der Waals surface area (Å²) in [6, 6.07) is 15.0. The molecular formula is C36H35Cl6N13O3. The fourth-order valence-electron chi connectivity index (χ4n) is 3.95. The Morgan fingerprint density at radius 3 is 1.36 bits per heavy atom. The highest BCUT2D eigenvalue weighted by Gasteiger charge is 2.16. The van der Waals surface area contributed by atoms with Crippen molar-refractivity contribution in [1.82, 2.24) is 29.9 Å². The second kappa shape index (κ2) is 25.9. The quantitative estimate of drug-likeness (QED) is 0.0453. The Labute approximate surface area is 363 Å². The Kier molecular flexibility index (Phi) is 21.8. The standard InChI is InChI=1S/C12H9Cl2N3O.C12H12ClN5O.C6H6Cl2N2.C6H4ClNO.H4N2/c1-17(9-5-10(13)11(14)16-7-9)12(18)8-3-2-4-15-6-8;1-18(12(19)8-3-2-4-15-6-8)9-5-10(13)11(17-14)16-7-9;1-9-4-2-5(7)6(8)10-3-4;7-6(9)5-2-1-3-8-4-5;1-2/h2-7H,1H3;2-7H,14H2,1H3,(H,16,17);2-3,9H,1H3;1-4H;1-2H2. The number of aromatic nitrogens is 6. The Morgan fingerprint density at radius 1 is 0.603 bits per heavy atom. The van der Waals surface area contributed by atoms with E-state index in [1.165, 1.54) is 40.8 Å². The van der Waals surface area contributed by atoms with Crippen LogP contribution in [0, 0.1) is 0 Å². The molecule has 0 atom stereocenters. The van der Waals surface area contributed by atoms with Gasteiger partial charge in [0, 0.05) is 58.3 Å². The van der Waals surface area contributed by atoms with Gasteiger partial charge in [-0.25, -0.2) is 20.8 Å². The summed E-state index contributed by atoms with van der Waals surface area (Å²) in [6.07, 6.45) is 13.9.